The Morgan fingerprint density at radius 1 is 1.26 bits per heavy atom. The van der Waals surface area contributed by atoms with E-state index in [1.807, 2.05) is 28.9 Å². The fourth-order valence-corrected chi connectivity index (χ4v) is 3.99. The van der Waals surface area contributed by atoms with Gasteiger partial charge in [-0.05, 0) is 35.6 Å². The highest BCUT2D eigenvalue weighted by Gasteiger charge is 2.31. The molecule has 0 aliphatic carbocycles. The number of anilines is 2. The van der Waals surface area contributed by atoms with Gasteiger partial charge in [-0.15, -0.1) is 16.4 Å². The number of hydrogen-bond acceptors (Lipinski definition) is 5. The molecule has 0 saturated carbocycles. The first kappa shape index (κ1) is 14.8. The van der Waals surface area contributed by atoms with Crippen molar-refractivity contribution in [1.29, 1.82) is 0 Å². The largest absolute Gasteiger partial charge is 0.366 e. The van der Waals surface area contributed by atoms with E-state index in [2.05, 4.69) is 26.8 Å². The molecule has 0 saturated heterocycles. The van der Waals surface area contributed by atoms with E-state index in [1.54, 1.807) is 11.3 Å². The van der Waals surface area contributed by atoms with E-state index < -0.39 is 0 Å². The number of nitrogen functional groups attached to an aromatic ring is 1. The second-order valence-electron chi connectivity index (χ2n) is 5.38. The molecule has 4 rings (SSSR count). The molecule has 1 aliphatic heterocycles. The van der Waals surface area contributed by atoms with Gasteiger partial charge in [-0.25, -0.2) is 4.68 Å². The minimum atomic E-state index is 0.0629. The lowest BCUT2D eigenvalue weighted by molar-refractivity contribution is 0.437. The molecule has 23 heavy (non-hydrogen) atoms. The fourth-order valence-electron chi connectivity index (χ4n) is 2.86. The number of rotatable bonds is 2. The lowest BCUT2D eigenvalue weighted by Gasteiger charge is -2.31. The Morgan fingerprint density at radius 3 is 2.87 bits per heavy atom. The molecule has 0 unspecified atom stereocenters. The van der Waals surface area contributed by atoms with Gasteiger partial charge in [0.1, 0.15) is 0 Å². The van der Waals surface area contributed by atoms with Gasteiger partial charge in [-0.2, -0.15) is 4.98 Å². The van der Waals surface area contributed by atoms with Crippen molar-refractivity contribution in [3.8, 4) is 0 Å². The molecule has 1 aromatic carbocycles. The van der Waals surface area contributed by atoms with Crippen molar-refractivity contribution >= 4 is 46.4 Å². The highest BCUT2D eigenvalue weighted by atomic mass is 35.5. The summed E-state index contributed by atoms with van der Waals surface area (Å²) in [5, 5.41) is 10.9. The molecule has 0 spiro atoms. The first-order chi connectivity index (χ1) is 11.1. The topological polar surface area (TPSA) is 68.8 Å². The van der Waals surface area contributed by atoms with Crippen LogP contribution >= 0.6 is 34.5 Å². The predicted molar refractivity (Wildman–Crippen MR) is 94.3 cm³/mol. The minimum absolute atomic E-state index is 0.0629. The van der Waals surface area contributed by atoms with Crippen molar-refractivity contribution in [1.82, 2.24) is 14.8 Å². The number of aromatic nitrogens is 3. The van der Waals surface area contributed by atoms with Crippen LogP contribution in [0.5, 0.6) is 0 Å². The maximum atomic E-state index is 6.16. The molecule has 2 aromatic heterocycles. The maximum absolute atomic E-state index is 6.16. The molecule has 118 valence electrons. The molecule has 0 radical (unpaired) electrons. The summed E-state index contributed by atoms with van der Waals surface area (Å²) in [6.07, 6.45) is 0.828. The van der Waals surface area contributed by atoms with Gasteiger partial charge in [0, 0.05) is 4.88 Å². The number of nitrogens with two attached hydrogens (primary N) is 1. The van der Waals surface area contributed by atoms with Crippen molar-refractivity contribution in [3.05, 3.63) is 56.2 Å². The van der Waals surface area contributed by atoms with Gasteiger partial charge in [0.15, 0.2) is 0 Å². The molecule has 3 N–H and O–H groups in total. The molecular formula is C15H13Cl2N5S. The quantitative estimate of drug-likeness (QED) is 0.707. The van der Waals surface area contributed by atoms with Gasteiger partial charge < -0.3 is 11.1 Å². The van der Waals surface area contributed by atoms with Crippen LogP contribution in [0.15, 0.2) is 35.7 Å². The number of halogens is 2. The average molecular weight is 366 g/mol. The van der Waals surface area contributed by atoms with Gasteiger partial charge in [-0.1, -0.05) is 35.3 Å². The zero-order chi connectivity index (χ0) is 16.0. The normalized spacial score (nSPS) is 20.1. The summed E-state index contributed by atoms with van der Waals surface area (Å²) < 4.78 is 1.86. The second kappa shape index (κ2) is 5.70. The number of fused-ring (bicyclic) bond motifs is 1. The Labute approximate surface area is 147 Å². The van der Waals surface area contributed by atoms with E-state index in [0.717, 1.165) is 12.0 Å². The van der Waals surface area contributed by atoms with Crippen LogP contribution in [-0.4, -0.2) is 14.8 Å². The third-order valence-electron chi connectivity index (χ3n) is 3.92. The van der Waals surface area contributed by atoms with E-state index in [9.17, 15) is 0 Å². The number of thiophene rings is 1. The summed E-state index contributed by atoms with van der Waals surface area (Å²) in [5.74, 6) is 0.937. The number of nitrogens with one attached hydrogen (secondary N) is 1. The molecule has 2 atom stereocenters. The van der Waals surface area contributed by atoms with Crippen LogP contribution in [-0.2, 0) is 0 Å². The monoisotopic (exact) mass is 365 g/mol. The summed E-state index contributed by atoms with van der Waals surface area (Å²) >= 11 is 13.9. The summed E-state index contributed by atoms with van der Waals surface area (Å²) in [6.45, 7) is 0. The highest BCUT2D eigenvalue weighted by Crippen LogP contribution is 2.40. The molecule has 8 heteroatoms. The van der Waals surface area contributed by atoms with Crippen LogP contribution < -0.4 is 11.1 Å². The number of hydrogen-bond donors (Lipinski definition) is 2. The fraction of sp³-hybridized carbons (Fsp3) is 0.200. The summed E-state index contributed by atoms with van der Waals surface area (Å²) in [7, 11) is 0. The van der Waals surface area contributed by atoms with E-state index in [1.165, 1.54) is 4.88 Å². The van der Waals surface area contributed by atoms with E-state index in [4.69, 9.17) is 28.9 Å². The number of benzene rings is 1. The lowest BCUT2D eigenvalue weighted by Crippen LogP contribution is -2.27. The summed E-state index contributed by atoms with van der Waals surface area (Å²) in [4.78, 5) is 5.52. The molecule has 0 amide bonds. The average Bonchev–Trinajstić information content (AvgIpc) is 3.17. The van der Waals surface area contributed by atoms with Crippen LogP contribution in [0.1, 0.15) is 28.9 Å². The molecule has 0 bridgehead atoms. The first-order valence-electron chi connectivity index (χ1n) is 7.08. The van der Waals surface area contributed by atoms with Crippen molar-refractivity contribution in [2.75, 3.05) is 11.1 Å². The molecule has 1 aliphatic rings. The van der Waals surface area contributed by atoms with Crippen LogP contribution in [0.4, 0.5) is 11.9 Å². The number of nitrogens with zero attached hydrogens (tertiary/aromatic N) is 3. The van der Waals surface area contributed by atoms with Crippen molar-refractivity contribution in [3.63, 3.8) is 0 Å². The summed E-state index contributed by atoms with van der Waals surface area (Å²) in [6, 6.07) is 9.98. The molecule has 5 nitrogen and oxygen atoms in total. The minimum Gasteiger partial charge on any atom is -0.366 e. The predicted octanol–water partition coefficient (Wildman–Crippen LogP) is 4.37. The van der Waals surface area contributed by atoms with Crippen molar-refractivity contribution < 1.29 is 0 Å². The van der Waals surface area contributed by atoms with Gasteiger partial charge in [0.25, 0.3) is 0 Å². The summed E-state index contributed by atoms with van der Waals surface area (Å²) in [5.41, 5.74) is 6.85. The SMILES string of the molecule is Nc1nc2n(n1)[C@H](c1cccs1)C[C@H](c1ccc(Cl)c(Cl)c1)N2. The molecule has 3 heterocycles. The third kappa shape index (κ3) is 2.67. The van der Waals surface area contributed by atoms with Crippen molar-refractivity contribution in [2.24, 2.45) is 0 Å². The zero-order valence-electron chi connectivity index (χ0n) is 11.9. The third-order valence-corrected chi connectivity index (χ3v) is 5.64. The molecular weight excluding hydrogens is 353 g/mol. The first-order valence-corrected chi connectivity index (χ1v) is 8.72. The van der Waals surface area contributed by atoms with Crippen molar-refractivity contribution in [2.45, 2.75) is 18.5 Å². The Morgan fingerprint density at radius 2 is 2.13 bits per heavy atom. The molecule has 3 aromatic rings. The maximum Gasteiger partial charge on any atom is 0.241 e. The van der Waals surface area contributed by atoms with Crippen LogP contribution in [0.3, 0.4) is 0 Å². The Balaban J connectivity index is 1.75. The van der Waals surface area contributed by atoms with E-state index >= 15 is 0 Å². The molecule has 0 fully saturated rings. The van der Waals surface area contributed by atoms with Crippen LogP contribution in [0.2, 0.25) is 10.0 Å². The van der Waals surface area contributed by atoms with E-state index in [0.29, 0.717) is 16.0 Å². The second-order valence-corrected chi connectivity index (χ2v) is 7.17. The van der Waals surface area contributed by atoms with Crippen LogP contribution in [0, 0.1) is 0 Å². The lowest BCUT2D eigenvalue weighted by atomic mass is 9.97. The highest BCUT2D eigenvalue weighted by molar-refractivity contribution is 7.10. The Kier molecular flexibility index (Phi) is 3.67. The van der Waals surface area contributed by atoms with Gasteiger partial charge in [0.05, 0.1) is 22.1 Å². The smallest absolute Gasteiger partial charge is 0.241 e. The Bertz CT molecular complexity index is 846. The van der Waals surface area contributed by atoms with Gasteiger partial charge in [-0.3, -0.25) is 0 Å². The van der Waals surface area contributed by atoms with Gasteiger partial charge >= 0.3 is 0 Å². The Hall–Kier alpha value is -1.76. The van der Waals surface area contributed by atoms with Crippen LogP contribution in [0.25, 0.3) is 0 Å². The van der Waals surface area contributed by atoms with Gasteiger partial charge in [0.2, 0.25) is 11.9 Å². The zero-order valence-corrected chi connectivity index (χ0v) is 14.2. The van der Waals surface area contributed by atoms with E-state index in [-0.39, 0.29) is 18.0 Å². The standard InChI is InChI=1S/C15H13Cl2N5S/c16-9-4-3-8(6-10(9)17)11-7-12(13-2-1-5-23-13)22-15(19-11)20-14(18)21-22/h1-6,11-12H,7H2,(H3,18,19,20,21)/t11-,12+/m1/s1.